The Kier molecular flexibility index (Phi) is 8.54. The Balaban J connectivity index is 1.54. The Morgan fingerprint density at radius 3 is 2.54 bits per heavy atom. The summed E-state index contributed by atoms with van der Waals surface area (Å²) in [6.45, 7) is 13.1. The van der Waals surface area contributed by atoms with E-state index in [1.165, 1.54) is 0 Å². The molecular formula is C28H42N6O3. The molecule has 2 aromatic rings. The lowest BCUT2D eigenvalue weighted by Crippen LogP contribution is -2.48. The second-order valence-electron chi connectivity index (χ2n) is 10.8. The standard InChI is InChI=1S/C28H42N6O3/c1-6-34-24(9-10-30-34)21-7-8-22(25(15-21)32-13-11-31(5)12-14-32)17-29-27(36)26-16-23(35)18-33(26)28(37)20(4)19(2)3/h7-10,15,19-20,23,26,35H,6,11-14,16-18H2,1-5H3,(H,29,36). The maximum atomic E-state index is 13.3. The summed E-state index contributed by atoms with van der Waals surface area (Å²) in [4.78, 5) is 32.6. The molecule has 0 aliphatic carbocycles. The maximum Gasteiger partial charge on any atom is 0.243 e. The summed E-state index contributed by atoms with van der Waals surface area (Å²) in [6, 6.07) is 7.76. The van der Waals surface area contributed by atoms with E-state index in [1.54, 1.807) is 4.90 Å². The number of amides is 2. The predicted octanol–water partition coefficient (Wildman–Crippen LogP) is 2.19. The molecule has 2 saturated heterocycles. The van der Waals surface area contributed by atoms with E-state index in [2.05, 4.69) is 52.4 Å². The van der Waals surface area contributed by atoms with Gasteiger partial charge in [-0.15, -0.1) is 0 Å². The van der Waals surface area contributed by atoms with Gasteiger partial charge in [-0.2, -0.15) is 5.10 Å². The van der Waals surface area contributed by atoms with E-state index in [4.69, 9.17) is 0 Å². The average Bonchev–Trinajstić information content (AvgIpc) is 3.53. The molecule has 9 heteroatoms. The molecule has 3 heterocycles. The molecule has 0 saturated carbocycles. The predicted molar refractivity (Wildman–Crippen MR) is 145 cm³/mol. The van der Waals surface area contributed by atoms with Gasteiger partial charge < -0.3 is 25.1 Å². The molecule has 2 fully saturated rings. The summed E-state index contributed by atoms with van der Waals surface area (Å²) < 4.78 is 1.99. The normalized spacial score (nSPS) is 21.5. The molecule has 9 nitrogen and oxygen atoms in total. The van der Waals surface area contributed by atoms with Crippen molar-refractivity contribution in [2.45, 2.75) is 59.4 Å². The zero-order valence-corrected chi connectivity index (χ0v) is 22.9. The minimum absolute atomic E-state index is 0.0679. The number of aromatic nitrogens is 2. The van der Waals surface area contributed by atoms with Gasteiger partial charge in [-0.1, -0.05) is 32.9 Å². The molecule has 3 atom stereocenters. The molecule has 2 aliphatic heterocycles. The molecule has 0 bridgehead atoms. The third-order valence-electron chi connectivity index (χ3n) is 7.95. The van der Waals surface area contributed by atoms with Crippen LogP contribution in [0.15, 0.2) is 30.5 Å². The summed E-state index contributed by atoms with van der Waals surface area (Å²) in [7, 11) is 2.14. The number of nitrogens with zero attached hydrogens (tertiary/aromatic N) is 5. The minimum Gasteiger partial charge on any atom is -0.391 e. The Morgan fingerprint density at radius 2 is 1.86 bits per heavy atom. The molecule has 3 unspecified atom stereocenters. The van der Waals surface area contributed by atoms with Crippen LogP contribution in [0.25, 0.3) is 11.3 Å². The molecule has 2 aliphatic rings. The average molecular weight is 511 g/mol. The van der Waals surface area contributed by atoms with E-state index in [0.29, 0.717) is 6.54 Å². The van der Waals surface area contributed by atoms with Gasteiger partial charge in [0.15, 0.2) is 0 Å². The van der Waals surface area contributed by atoms with Crippen molar-refractivity contribution in [3.05, 3.63) is 36.0 Å². The number of β-amino-alcohol motifs (C(OH)–C–C–N with tert-alkyl or cyclic N) is 1. The highest BCUT2D eigenvalue weighted by Gasteiger charge is 2.40. The van der Waals surface area contributed by atoms with Gasteiger partial charge in [0, 0.05) is 75.6 Å². The Labute approximate surface area is 220 Å². The van der Waals surface area contributed by atoms with E-state index in [9.17, 15) is 14.7 Å². The van der Waals surface area contributed by atoms with Crippen molar-refractivity contribution in [3.63, 3.8) is 0 Å². The van der Waals surface area contributed by atoms with Crippen molar-refractivity contribution >= 4 is 17.5 Å². The number of aliphatic hydroxyl groups excluding tert-OH is 1. The third-order valence-corrected chi connectivity index (χ3v) is 7.95. The van der Waals surface area contributed by atoms with E-state index in [0.717, 1.165) is 55.2 Å². The number of hydrogen-bond donors (Lipinski definition) is 2. The van der Waals surface area contributed by atoms with Gasteiger partial charge in [0.1, 0.15) is 6.04 Å². The topological polar surface area (TPSA) is 93.9 Å². The highest BCUT2D eigenvalue weighted by molar-refractivity contribution is 5.89. The quantitative estimate of drug-likeness (QED) is 0.566. The maximum absolute atomic E-state index is 13.3. The monoisotopic (exact) mass is 510 g/mol. The van der Waals surface area contributed by atoms with Crippen LogP contribution in [-0.2, 0) is 22.7 Å². The largest absolute Gasteiger partial charge is 0.391 e. The highest BCUT2D eigenvalue weighted by Crippen LogP contribution is 2.30. The lowest BCUT2D eigenvalue weighted by Gasteiger charge is -2.35. The molecule has 202 valence electrons. The van der Waals surface area contributed by atoms with E-state index in [1.807, 2.05) is 37.7 Å². The number of anilines is 1. The fourth-order valence-corrected chi connectivity index (χ4v) is 5.20. The summed E-state index contributed by atoms with van der Waals surface area (Å²) in [5, 5.41) is 17.8. The van der Waals surface area contributed by atoms with Crippen LogP contribution in [-0.4, -0.2) is 88.4 Å². The fraction of sp³-hybridized carbons (Fsp3) is 0.607. The zero-order chi connectivity index (χ0) is 26.7. The Bertz CT molecular complexity index is 1090. The SMILES string of the molecule is CCn1nccc1-c1ccc(CNC(=O)C2CC(O)CN2C(=O)C(C)C(C)C)c(N2CCN(C)CC2)c1. The van der Waals surface area contributed by atoms with Crippen molar-refractivity contribution in [1.29, 1.82) is 0 Å². The number of likely N-dealkylation sites (tertiary alicyclic amines) is 1. The molecule has 0 spiro atoms. The summed E-state index contributed by atoms with van der Waals surface area (Å²) in [6.07, 6.45) is 1.42. The second kappa shape index (κ2) is 11.6. The molecule has 2 amide bonds. The van der Waals surface area contributed by atoms with Gasteiger partial charge in [0.05, 0.1) is 11.8 Å². The number of likely N-dealkylation sites (N-methyl/N-ethyl adjacent to an activating group) is 1. The van der Waals surface area contributed by atoms with Crippen LogP contribution < -0.4 is 10.2 Å². The van der Waals surface area contributed by atoms with Crippen LogP contribution in [0.5, 0.6) is 0 Å². The number of piperazine rings is 1. The Morgan fingerprint density at radius 1 is 1.14 bits per heavy atom. The van der Waals surface area contributed by atoms with Gasteiger partial charge in [0.2, 0.25) is 11.8 Å². The summed E-state index contributed by atoms with van der Waals surface area (Å²) in [5.41, 5.74) is 4.32. The summed E-state index contributed by atoms with van der Waals surface area (Å²) >= 11 is 0. The second-order valence-corrected chi connectivity index (χ2v) is 10.8. The van der Waals surface area contributed by atoms with Gasteiger partial charge in [0.25, 0.3) is 0 Å². The number of carbonyl (C=O) groups is 2. The van der Waals surface area contributed by atoms with E-state index < -0.39 is 12.1 Å². The van der Waals surface area contributed by atoms with Crippen LogP contribution in [0.3, 0.4) is 0 Å². The first-order valence-electron chi connectivity index (χ1n) is 13.5. The molecule has 4 rings (SSSR count). The number of nitrogens with one attached hydrogen (secondary N) is 1. The number of rotatable bonds is 8. The lowest BCUT2D eigenvalue weighted by atomic mass is 9.96. The number of carbonyl (C=O) groups excluding carboxylic acids is 2. The van der Waals surface area contributed by atoms with Crippen molar-refractivity contribution in [3.8, 4) is 11.3 Å². The fourth-order valence-electron chi connectivity index (χ4n) is 5.20. The van der Waals surface area contributed by atoms with Crippen LogP contribution in [0, 0.1) is 11.8 Å². The van der Waals surface area contributed by atoms with Gasteiger partial charge in [-0.25, -0.2) is 0 Å². The molecule has 0 radical (unpaired) electrons. The van der Waals surface area contributed by atoms with Crippen molar-refractivity contribution < 1.29 is 14.7 Å². The number of aryl methyl sites for hydroxylation is 1. The van der Waals surface area contributed by atoms with Gasteiger partial charge in [-0.05, 0) is 37.6 Å². The minimum atomic E-state index is -0.678. The number of aliphatic hydroxyl groups is 1. The third kappa shape index (κ3) is 5.99. The van der Waals surface area contributed by atoms with E-state index in [-0.39, 0.29) is 36.6 Å². The first kappa shape index (κ1) is 27.1. The molecule has 37 heavy (non-hydrogen) atoms. The van der Waals surface area contributed by atoms with Crippen LogP contribution in [0.4, 0.5) is 5.69 Å². The van der Waals surface area contributed by atoms with Crippen LogP contribution in [0.2, 0.25) is 0 Å². The number of hydrogen-bond acceptors (Lipinski definition) is 6. The van der Waals surface area contributed by atoms with Crippen LogP contribution in [0.1, 0.15) is 39.7 Å². The molecule has 2 N–H and O–H groups in total. The van der Waals surface area contributed by atoms with Crippen molar-refractivity contribution in [1.82, 2.24) is 24.9 Å². The first-order valence-corrected chi connectivity index (χ1v) is 13.5. The van der Waals surface area contributed by atoms with Crippen molar-refractivity contribution in [2.24, 2.45) is 11.8 Å². The first-order chi connectivity index (χ1) is 17.7. The Hall–Kier alpha value is -2.91. The number of benzene rings is 1. The van der Waals surface area contributed by atoms with E-state index >= 15 is 0 Å². The summed E-state index contributed by atoms with van der Waals surface area (Å²) in [5.74, 6) is -0.309. The zero-order valence-electron chi connectivity index (χ0n) is 22.9. The van der Waals surface area contributed by atoms with Crippen molar-refractivity contribution in [2.75, 3.05) is 44.7 Å². The molecule has 1 aromatic heterocycles. The smallest absolute Gasteiger partial charge is 0.243 e. The van der Waals surface area contributed by atoms with Gasteiger partial charge >= 0.3 is 0 Å². The molecule has 1 aromatic carbocycles. The lowest BCUT2D eigenvalue weighted by molar-refractivity contribution is -0.142. The molecular weight excluding hydrogens is 468 g/mol. The van der Waals surface area contributed by atoms with Gasteiger partial charge in [-0.3, -0.25) is 14.3 Å². The van der Waals surface area contributed by atoms with Crippen LogP contribution >= 0.6 is 0 Å². The highest BCUT2D eigenvalue weighted by atomic mass is 16.3.